The van der Waals surface area contributed by atoms with Crippen molar-refractivity contribution < 1.29 is 9.53 Å². The van der Waals surface area contributed by atoms with Gasteiger partial charge in [-0.05, 0) is 18.6 Å². The molecule has 1 amide bonds. The van der Waals surface area contributed by atoms with Gasteiger partial charge in [0.2, 0.25) is 5.91 Å². The van der Waals surface area contributed by atoms with Gasteiger partial charge in [0, 0.05) is 19.9 Å². The average Bonchev–Trinajstić information content (AvgIpc) is 2.31. The first kappa shape index (κ1) is 13.9. The minimum Gasteiger partial charge on any atom is -0.380 e. The number of methoxy groups -OCH3 is 1. The molecule has 0 aromatic carbocycles. The van der Waals surface area contributed by atoms with Crippen LogP contribution in [0.5, 0.6) is 0 Å². The molecule has 0 spiro atoms. The highest BCUT2D eigenvalue weighted by Crippen LogP contribution is 2.20. The highest BCUT2D eigenvalue weighted by Gasteiger charge is 2.13. The number of halogens is 1. The molecule has 1 rings (SSSR count). The number of hydrogen-bond acceptors (Lipinski definition) is 4. The number of nitrogens with zero attached hydrogens (tertiary/aromatic N) is 1. The van der Waals surface area contributed by atoms with E-state index in [1.54, 1.807) is 12.3 Å². The molecule has 0 aliphatic heterocycles. The second-order valence-electron chi connectivity index (χ2n) is 3.70. The van der Waals surface area contributed by atoms with Gasteiger partial charge in [-0.1, -0.05) is 11.6 Å². The Labute approximate surface area is 105 Å². The lowest BCUT2D eigenvalue weighted by Crippen LogP contribution is -2.28. The smallest absolute Gasteiger partial charge is 0.227 e. The Morgan fingerprint density at radius 2 is 2.41 bits per heavy atom. The highest BCUT2D eigenvalue weighted by atomic mass is 35.5. The Hall–Kier alpha value is -1.17. The molecular weight excluding hydrogens is 242 g/mol. The number of aromatic nitrogens is 1. The van der Waals surface area contributed by atoms with Crippen LogP contribution in [0.25, 0.3) is 0 Å². The van der Waals surface area contributed by atoms with Crippen LogP contribution in [0.3, 0.4) is 0 Å². The summed E-state index contributed by atoms with van der Waals surface area (Å²) >= 11 is 5.86. The fourth-order valence-corrected chi connectivity index (χ4v) is 1.46. The zero-order valence-electron chi connectivity index (χ0n) is 9.87. The van der Waals surface area contributed by atoms with Crippen LogP contribution in [0.2, 0.25) is 5.15 Å². The van der Waals surface area contributed by atoms with E-state index in [-0.39, 0.29) is 23.6 Å². The van der Waals surface area contributed by atoms with Gasteiger partial charge in [0.05, 0.1) is 18.2 Å². The fourth-order valence-electron chi connectivity index (χ4n) is 1.31. The van der Waals surface area contributed by atoms with Crippen molar-refractivity contribution >= 4 is 23.2 Å². The number of pyridine rings is 1. The maximum atomic E-state index is 11.7. The summed E-state index contributed by atoms with van der Waals surface area (Å²) in [6.45, 7) is 2.17. The SMILES string of the molecule is COC(CN)CC(=O)Nc1cc(C)cnc1Cl. The highest BCUT2D eigenvalue weighted by molar-refractivity contribution is 6.32. The molecule has 94 valence electrons. The molecule has 1 heterocycles. The lowest BCUT2D eigenvalue weighted by Gasteiger charge is -2.13. The molecule has 6 heteroatoms. The third-order valence-corrected chi connectivity index (χ3v) is 2.56. The Morgan fingerprint density at radius 1 is 1.71 bits per heavy atom. The molecule has 0 bridgehead atoms. The van der Waals surface area contributed by atoms with Crippen molar-refractivity contribution in [2.24, 2.45) is 5.73 Å². The summed E-state index contributed by atoms with van der Waals surface area (Å²) < 4.78 is 5.03. The number of ether oxygens (including phenoxy) is 1. The molecule has 0 saturated heterocycles. The molecule has 1 aromatic heterocycles. The van der Waals surface area contributed by atoms with Crippen molar-refractivity contribution in [1.82, 2.24) is 4.98 Å². The van der Waals surface area contributed by atoms with Crippen LogP contribution in [-0.4, -0.2) is 30.6 Å². The Kier molecular flexibility index (Phi) is 5.34. The molecule has 5 nitrogen and oxygen atoms in total. The minimum absolute atomic E-state index is 0.192. The molecule has 1 atom stereocenters. The first-order valence-electron chi connectivity index (χ1n) is 5.21. The van der Waals surface area contributed by atoms with Gasteiger partial charge in [0.1, 0.15) is 0 Å². The minimum atomic E-state index is -0.286. The van der Waals surface area contributed by atoms with Gasteiger partial charge in [-0.2, -0.15) is 0 Å². The molecule has 0 aliphatic carbocycles. The molecule has 17 heavy (non-hydrogen) atoms. The summed E-state index contributed by atoms with van der Waals surface area (Å²) in [6.07, 6.45) is 1.54. The van der Waals surface area contributed by atoms with Crippen LogP contribution in [0, 0.1) is 6.92 Å². The lowest BCUT2D eigenvalue weighted by molar-refractivity contribution is -0.118. The number of nitrogens with one attached hydrogen (secondary N) is 1. The summed E-state index contributed by atoms with van der Waals surface area (Å²) in [7, 11) is 1.52. The quantitative estimate of drug-likeness (QED) is 0.781. The summed E-state index contributed by atoms with van der Waals surface area (Å²) in [6, 6.07) is 1.76. The normalized spacial score (nSPS) is 12.2. The Balaban J connectivity index is 2.64. The number of hydrogen-bond donors (Lipinski definition) is 2. The van der Waals surface area contributed by atoms with Gasteiger partial charge in [-0.25, -0.2) is 4.98 Å². The van der Waals surface area contributed by atoms with Crippen molar-refractivity contribution in [1.29, 1.82) is 0 Å². The standard InChI is InChI=1S/C11H16ClN3O2/c1-7-3-9(11(12)14-6-7)15-10(16)4-8(5-13)17-2/h3,6,8H,4-5,13H2,1-2H3,(H,15,16). The summed E-state index contributed by atoms with van der Waals surface area (Å²) in [4.78, 5) is 15.6. The Bertz CT molecular complexity index is 394. The van der Waals surface area contributed by atoms with E-state index >= 15 is 0 Å². The van der Waals surface area contributed by atoms with Gasteiger partial charge < -0.3 is 15.8 Å². The summed E-state index contributed by atoms with van der Waals surface area (Å²) in [5, 5.41) is 2.95. The van der Waals surface area contributed by atoms with E-state index in [9.17, 15) is 4.79 Å². The van der Waals surface area contributed by atoms with E-state index in [4.69, 9.17) is 22.1 Å². The topological polar surface area (TPSA) is 77.2 Å². The Morgan fingerprint density at radius 3 is 3.00 bits per heavy atom. The van der Waals surface area contributed by atoms with Gasteiger partial charge in [-0.3, -0.25) is 4.79 Å². The fraction of sp³-hybridized carbons (Fsp3) is 0.455. The van der Waals surface area contributed by atoms with Gasteiger partial charge in [0.25, 0.3) is 0 Å². The number of anilines is 1. The third kappa shape index (κ3) is 4.30. The molecule has 3 N–H and O–H groups in total. The summed E-state index contributed by atoms with van der Waals surface area (Å²) in [5.74, 6) is -0.198. The monoisotopic (exact) mass is 257 g/mol. The predicted octanol–water partition coefficient (Wildman–Crippen LogP) is 1.35. The van der Waals surface area contributed by atoms with Gasteiger partial charge >= 0.3 is 0 Å². The molecule has 0 radical (unpaired) electrons. The number of aryl methyl sites for hydroxylation is 1. The van der Waals surface area contributed by atoms with Crippen molar-refractivity contribution in [2.45, 2.75) is 19.4 Å². The first-order valence-corrected chi connectivity index (χ1v) is 5.59. The van der Waals surface area contributed by atoms with E-state index in [0.29, 0.717) is 12.2 Å². The number of carbonyl (C=O) groups excluding carboxylic acids is 1. The number of rotatable bonds is 5. The van der Waals surface area contributed by atoms with Crippen LogP contribution in [0.4, 0.5) is 5.69 Å². The van der Waals surface area contributed by atoms with Crippen molar-refractivity contribution in [3.05, 3.63) is 23.0 Å². The number of amides is 1. The van der Waals surface area contributed by atoms with Crippen molar-refractivity contribution in [2.75, 3.05) is 19.0 Å². The van der Waals surface area contributed by atoms with Crippen LogP contribution >= 0.6 is 11.6 Å². The zero-order valence-corrected chi connectivity index (χ0v) is 10.6. The third-order valence-electron chi connectivity index (χ3n) is 2.26. The molecular formula is C11H16ClN3O2. The van der Waals surface area contributed by atoms with E-state index < -0.39 is 0 Å². The van der Waals surface area contributed by atoms with E-state index in [1.165, 1.54) is 7.11 Å². The predicted molar refractivity (Wildman–Crippen MR) is 67.1 cm³/mol. The van der Waals surface area contributed by atoms with E-state index in [1.807, 2.05) is 6.92 Å². The van der Waals surface area contributed by atoms with Crippen LogP contribution < -0.4 is 11.1 Å². The maximum Gasteiger partial charge on any atom is 0.227 e. The van der Waals surface area contributed by atoms with E-state index in [0.717, 1.165) is 5.56 Å². The van der Waals surface area contributed by atoms with Crippen molar-refractivity contribution in [3.63, 3.8) is 0 Å². The van der Waals surface area contributed by atoms with Gasteiger partial charge in [0.15, 0.2) is 5.15 Å². The van der Waals surface area contributed by atoms with Crippen LogP contribution in [0.15, 0.2) is 12.3 Å². The first-order chi connectivity index (χ1) is 8.06. The molecule has 0 aliphatic rings. The number of carbonyl (C=O) groups is 1. The van der Waals surface area contributed by atoms with Crippen LogP contribution in [-0.2, 0) is 9.53 Å². The van der Waals surface area contributed by atoms with Gasteiger partial charge in [-0.15, -0.1) is 0 Å². The molecule has 1 unspecified atom stereocenters. The zero-order chi connectivity index (χ0) is 12.8. The largest absolute Gasteiger partial charge is 0.380 e. The molecule has 0 fully saturated rings. The maximum absolute atomic E-state index is 11.7. The second-order valence-corrected chi connectivity index (χ2v) is 4.05. The molecule has 1 aromatic rings. The molecule has 0 saturated carbocycles. The van der Waals surface area contributed by atoms with E-state index in [2.05, 4.69) is 10.3 Å². The van der Waals surface area contributed by atoms with Crippen molar-refractivity contribution in [3.8, 4) is 0 Å². The average molecular weight is 258 g/mol. The second kappa shape index (κ2) is 6.54. The van der Waals surface area contributed by atoms with Crippen LogP contribution in [0.1, 0.15) is 12.0 Å². The summed E-state index contributed by atoms with van der Waals surface area (Å²) in [5.41, 5.74) is 6.86. The lowest BCUT2D eigenvalue weighted by atomic mass is 10.2. The number of nitrogens with two attached hydrogens (primary N) is 1.